The summed E-state index contributed by atoms with van der Waals surface area (Å²) >= 11 is 6.08. The van der Waals surface area contributed by atoms with Gasteiger partial charge < -0.3 is 20.1 Å². The maximum Gasteiger partial charge on any atom is 0.490 e. The number of benzene rings is 1. The number of carbonyl (C=O) groups is 3. The molecule has 0 spiro atoms. The van der Waals surface area contributed by atoms with Gasteiger partial charge in [-0.1, -0.05) is 43.0 Å². The quantitative estimate of drug-likeness (QED) is 0.456. The molecule has 2 saturated heterocycles. The second kappa shape index (κ2) is 13.8. The number of nitrogens with zero attached hydrogens (tertiary/aromatic N) is 1. The lowest BCUT2D eigenvalue weighted by atomic mass is 9.63. The smallest absolute Gasteiger partial charge is 0.475 e. The molecule has 0 aromatic heterocycles. The Kier molecular flexibility index (Phi) is 11.1. The third kappa shape index (κ3) is 7.87. The molecular formula is C28H38ClF3N2O5. The van der Waals surface area contributed by atoms with Gasteiger partial charge in [-0.25, -0.2) is 4.79 Å². The zero-order chi connectivity index (χ0) is 28.6. The van der Waals surface area contributed by atoms with Crippen LogP contribution >= 0.6 is 11.6 Å². The molecule has 2 heterocycles. The molecule has 7 nitrogen and oxygen atoms in total. The lowest BCUT2D eigenvalue weighted by Gasteiger charge is -2.47. The molecule has 1 aromatic rings. The largest absolute Gasteiger partial charge is 0.490 e. The normalized spacial score (nSPS) is 23.8. The van der Waals surface area contributed by atoms with E-state index in [1.54, 1.807) is 0 Å². The number of esters is 1. The minimum absolute atomic E-state index is 0.0257. The van der Waals surface area contributed by atoms with Crippen LogP contribution in [0.2, 0.25) is 5.02 Å². The monoisotopic (exact) mass is 574 g/mol. The topological polar surface area (TPSA) is 95.9 Å². The van der Waals surface area contributed by atoms with Crippen molar-refractivity contribution in [1.82, 2.24) is 10.2 Å². The van der Waals surface area contributed by atoms with Crippen molar-refractivity contribution < 1.29 is 37.4 Å². The van der Waals surface area contributed by atoms with Crippen molar-refractivity contribution in [3.05, 3.63) is 34.9 Å². The van der Waals surface area contributed by atoms with Gasteiger partial charge in [0.25, 0.3) is 0 Å². The highest BCUT2D eigenvalue weighted by atomic mass is 35.5. The zero-order valence-electron chi connectivity index (χ0n) is 22.3. The molecule has 0 radical (unpaired) electrons. The fraction of sp³-hybridized carbons (Fsp3) is 0.679. The maximum atomic E-state index is 13.6. The summed E-state index contributed by atoms with van der Waals surface area (Å²) in [7, 11) is 0. The summed E-state index contributed by atoms with van der Waals surface area (Å²) in [6.45, 7) is 5.30. The van der Waals surface area contributed by atoms with Crippen LogP contribution in [0.15, 0.2) is 24.3 Å². The lowest BCUT2D eigenvalue weighted by molar-refractivity contribution is -0.192. The highest BCUT2D eigenvalue weighted by Crippen LogP contribution is 2.47. The number of carbonyl (C=O) groups excluding carboxylic acids is 2. The van der Waals surface area contributed by atoms with Gasteiger partial charge in [0.05, 0.1) is 12.0 Å². The summed E-state index contributed by atoms with van der Waals surface area (Å²) in [5.41, 5.74) is 0.761. The molecule has 11 heteroatoms. The third-order valence-corrected chi connectivity index (χ3v) is 8.63. The first kappa shape index (κ1) is 31.2. The number of ether oxygens (including phenoxy) is 1. The van der Waals surface area contributed by atoms with E-state index in [0.29, 0.717) is 25.6 Å². The number of alkyl halides is 3. The van der Waals surface area contributed by atoms with E-state index in [4.69, 9.17) is 26.2 Å². The molecule has 3 aliphatic rings. The van der Waals surface area contributed by atoms with Crippen LogP contribution in [0.1, 0.15) is 69.8 Å². The van der Waals surface area contributed by atoms with Crippen LogP contribution in [0.4, 0.5) is 13.2 Å². The van der Waals surface area contributed by atoms with Gasteiger partial charge in [0.2, 0.25) is 5.91 Å². The van der Waals surface area contributed by atoms with E-state index in [1.807, 2.05) is 36.1 Å². The summed E-state index contributed by atoms with van der Waals surface area (Å²) in [5.74, 6) is -2.01. The van der Waals surface area contributed by atoms with Crippen LogP contribution in [-0.4, -0.2) is 66.8 Å². The number of halogens is 4. The molecule has 1 aromatic carbocycles. The van der Waals surface area contributed by atoms with Crippen LogP contribution in [0.25, 0.3) is 0 Å². The number of carboxylic acid groups (broad SMARTS) is 1. The first-order valence-electron chi connectivity index (χ1n) is 13.7. The maximum absolute atomic E-state index is 13.6. The number of likely N-dealkylation sites (tertiary alicyclic amines) is 1. The van der Waals surface area contributed by atoms with Gasteiger partial charge in [0, 0.05) is 36.5 Å². The van der Waals surface area contributed by atoms with Crippen molar-refractivity contribution in [3.8, 4) is 0 Å². The van der Waals surface area contributed by atoms with E-state index in [1.165, 1.54) is 24.8 Å². The average Bonchev–Trinajstić information content (AvgIpc) is 2.93. The van der Waals surface area contributed by atoms with E-state index in [2.05, 4.69) is 5.32 Å². The minimum Gasteiger partial charge on any atom is -0.475 e. The summed E-state index contributed by atoms with van der Waals surface area (Å²) < 4.78 is 37.3. The SMILES string of the molecule is CCOC(=O)C1(C2CCCCC2)CCN(C(=O)C2CCNC[C@H]2c2ccc(Cl)cc2)CC1.O=C(O)C(F)(F)F. The van der Waals surface area contributed by atoms with Crippen molar-refractivity contribution in [2.75, 3.05) is 32.8 Å². The predicted octanol–water partition coefficient (Wildman–Crippen LogP) is 5.42. The lowest BCUT2D eigenvalue weighted by Crippen LogP contribution is -2.53. The third-order valence-electron chi connectivity index (χ3n) is 8.38. The first-order valence-corrected chi connectivity index (χ1v) is 14.1. The van der Waals surface area contributed by atoms with Crippen molar-refractivity contribution >= 4 is 29.4 Å². The molecule has 1 aliphatic carbocycles. The van der Waals surface area contributed by atoms with Gasteiger partial charge in [-0.05, 0) is 69.2 Å². The van der Waals surface area contributed by atoms with Gasteiger partial charge in [-0.15, -0.1) is 0 Å². The zero-order valence-corrected chi connectivity index (χ0v) is 23.0. The van der Waals surface area contributed by atoms with Gasteiger partial charge in [-0.3, -0.25) is 9.59 Å². The minimum atomic E-state index is -5.08. The van der Waals surface area contributed by atoms with Crippen molar-refractivity contribution in [2.24, 2.45) is 17.3 Å². The van der Waals surface area contributed by atoms with E-state index in [0.717, 1.165) is 50.2 Å². The average molecular weight is 575 g/mol. The summed E-state index contributed by atoms with van der Waals surface area (Å²) in [6, 6.07) is 7.91. The summed E-state index contributed by atoms with van der Waals surface area (Å²) in [5, 5.41) is 11.3. The summed E-state index contributed by atoms with van der Waals surface area (Å²) in [4.78, 5) is 37.7. The number of hydrogen-bond acceptors (Lipinski definition) is 5. The van der Waals surface area contributed by atoms with Crippen LogP contribution < -0.4 is 5.32 Å². The second-order valence-electron chi connectivity index (χ2n) is 10.6. The van der Waals surface area contributed by atoms with E-state index >= 15 is 0 Å². The van der Waals surface area contributed by atoms with Crippen molar-refractivity contribution in [1.29, 1.82) is 0 Å². The van der Waals surface area contributed by atoms with Crippen LogP contribution in [0, 0.1) is 17.3 Å². The first-order chi connectivity index (χ1) is 18.5. The number of hydrogen-bond donors (Lipinski definition) is 2. The Morgan fingerprint density at radius 1 is 1.08 bits per heavy atom. The van der Waals surface area contributed by atoms with Gasteiger partial charge in [0.1, 0.15) is 0 Å². The molecule has 1 unspecified atom stereocenters. The Balaban J connectivity index is 0.000000532. The number of amides is 1. The molecule has 4 rings (SSSR count). The summed E-state index contributed by atoms with van der Waals surface area (Å²) in [6.07, 6.45) is 3.12. The van der Waals surface area contributed by atoms with Gasteiger partial charge in [-0.2, -0.15) is 13.2 Å². The molecule has 0 bridgehead atoms. The number of aliphatic carboxylic acids is 1. The Morgan fingerprint density at radius 2 is 1.67 bits per heavy atom. The molecule has 2 N–H and O–H groups in total. The van der Waals surface area contributed by atoms with E-state index in [-0.39, 0.29) is 23.7 Å². The van der Waals surface area contributed by atoms with E-state index in [9.17, 15) is 22.8 Å². The highest BCUT2D eigenvalue weighted by Gasteiger charge is 2.50. The number of piperidine rings is 2. The Hall–Kier alpha value is -2.33. The highest BCUT2D eigenvalue weighted by molar-refractivity contribution is 6.30. The molecule has 2 aliphatic heterocycles. The molecule has 1 saturated carbocycles. The fourth-order valence-corrected chi connectivity index (χ4v) is 6.41. The number of nitrogens with one attached hydrogen (secondary N) is 1. The van der Waals surface area contributed by atoms with E-state index < -0.39 is 17.6 Å². The van der Waals surface area contributed by atoms with Gasteiger partial charge in [0.15, 0.2) is 0 Å². The molecule has 3 fully saturated rings. The molecular weight excluding hydrogens is 537 g/mol. The molecule has 39 heavy (non-hydrogen) atoms. The predicted molar refractivity (Wildman–Crippen MR) is 140 cm³/mol. The molecule has 1 amide bonds. The fourth-order valence-electron chi connectivity index (χ4n) is 6.28. The van der Waals surface area contributed by atoms with Crippen LogP contribution in [0.3, 0.4) is 0 Å². The Bertz CT molecular complexity index is 974. The standard InChI is InChI=1S/C26H37ClN2O3.C2HF3O2/c1-2-32-25(31)26(20-6-4-3-5-7-20)13-16-29(17-14-26)24(30)22-12-15-28-18-23(22)19-8-10-21(27)11-9-19;3-2(4,5)1(6)7/h8-11,20,22-23,28H,2-7,12-18H2,1H3;(H,6,7)/t22?,23-;/m0./s1. The van der Waals surface area contributed by atoms with Crippen molar-refractivity contribution in [3.63, 3.8) is 0 Å². The number of carboxylic acids is 1. The molecule has 2 atom stereocenters. The van der Waals surface area contributed by atoms with Gasteiger partial charge >= 0.3 is 18.1 Å². The number of rotatable bonds is 5. The van der Waals surface area contributed by atoms with Crippen molar-refractivity contribution in [2.45, 2.75) is 70.4 Å². The van der Waals surface area contributed by atoms with Crippen LogP contribution in [0.5, 0.6) is 0 Å². The van der Waals surface area contributed by atoms with Crippen LogP contribution in [-0.2, 0) is 19.1 Å². The Morgan fingerprint density at radius 3 is 2.21 bits per heavy atom. The Labute approximate surface area is 232 Å². The molecule has 218 valence electrons. The second-order valence-corrected chi connectivity index (χ2v) is 11.0.